The third-order valence-corrected chi connectivity index (χ3v) is 4.11. The second kappa shape index (κ2) is 5.71. The van der Waals surface area contributed by atoms with Crippen molar-refractivity contribution in [2.45, 2.75) is 18.4 Å². The second-order valence-corrected chi connectivity index (χ2v) is 6.02. The predicted molar refractivity (Wildman–Crippen MR) is 83.1 cm³/mol. The van der Waals surface area contributed by atoms with Crippen molar-refractivity contribution in [3.8, 4) is 0 Å². The zero-order valence-electron chi connectivity index (χ0n) is 13.0. The number of hydrogen-bond acceptors (Lipinski definition) is 7. The molecule has 1 aromatic rings. The largest absolute Gasteiger partial charge is 0.433 e. The van der Waals surface area contributed by atoms with Gasteiger partial charge < -0.3 is 16.0 Å². The highest BCUT2D eigenvalue weighted by molar-refractivity contribution is 6.08. The molecule has 1 aromatic heterocycles. The SMILES string of the molecule is CN1CCC(C2(N)N=C(N)NC(c3cccc(C(F)(F)F)n3)=N2)C1. The lowest BCUT2D eigenvalue weighted by Crippen LogP contribution is -2.54. The minimum absolute atomic E-state index is 0.0104. The number of guanidine groups is 1. The van der Waals surface area contributed by atoms with E-state index in [4.69, 9.17) is 11.5 Å². The molecule has 2 atom stereocenters. The number of nitrogens with two attached hydrogens (primary N) is 2. The van der Waals surface area contributed by atoms with E-state index in [1.54, 1.807) is 0 Å². The van der Waals surface area contributed by atoms with Gasteiger partial charge in [0.25, 0.3) is 0 Å². The Balaban J connectivity index is 1.96. The summed E-state index contributed by atoms with van der Waals surface area (Å²) in [6.07, 6.45) is -3.77. The summed E-state index contributed by atoms with van der Waals surface area (Å²) in [5, 5.41) is 2.66. The van der Waals surface area contributed by atoms with Gasteiger partial charge in [-0.05, 0) is 32.1 Å². The molecule has 2 aliphatic rings. The van der Waals surface area contributed by atoms with Crippen molar-refractivity contribution >= 4 is 11.8 Å². The molecule has 130 valence electrons. The Hall–Kier alpha value is -2.20. The highest BCUT2D eigenvalue weighted by atomic mass is 19.4. The van der Waals surface area contributed by atoms with E-state index in [0.29, 0.717) is 6.54 Å². The standard InChI is InChI=1S/C14H18F3N7/c1-24-6-5-8(7-24)14(19)22-11(21-12(18)23-14)9-3-2-4-10(20-9)13(15,16)17/h2-4,8H,5-7,19H2,1H3,(H3,18,21,22,23). The van der Waals surface area contributed by atoms with Gasteiger partial charge in [0.2, 0.25) is 5.79 Å². The number of aliphatic imine (C=N–C) groups is 2. The quantitative estimate of drug-likeness (QED) is 0.719. The van der Waals surface area contributed by atoms with Crippen molar-refractivity contribution in [2.24, 2.45) is 27.4 Å². The molecule has 1 fully saturated rings. The van der Waals surface area contributed by atoms with Gasteiger partial charge in [-0.2, -0.15) is 13.2 Å². The number of aromatic nitrogens is 1. The van der Waals surface area contributed by atoms with E-state index >= 15 is 0 Å². The molecule has 0 aliphatic carbocycles. The molecule has 0 aromatic carbocycles. The fourth-order valence-corrected chi connectivity index (χ4v) is 2.88. The molecule has 7 nitrogen and oxygen atoms in total. The first-order chi connectivity index (χ1) is 11.2. The molecular weight excluding hydrogens is 323 g/mol. The van der Waals surface area contributed by atoms with Gasteiger partial charge in [0, 0.05) is 12.5 Å². The third kappa shape index (κ3) is 3.20. The smallest absolute Gasteiger partial charge is 0.370 e. The zero-order valence-corrected chi connectivity index (χ0v) is 13.0. The van der Waals surface area contributed by atoms with E-state index in [0.717, 1.165) is 19.0 Å². The number of hydrogen-bond donors (Lipinski definition) is 3. The summed E-state index contributed by atoms with van der Waals surface area (Å²) in [6.45, 7) is 1.53. The normalized spacial score (nSPS) is 28.3. The lowest BCUT2D eigenvalue weighted by Gasteiger charge is -2.32. The van der Waals surface area contributed by atoms with E-state index < -0.39 is 17.7 Å². The number of halogens is 3. The number of nitrogens with zero attached hydrogens (tertiary/aromatic N) is 4. The first kappa shape index (κ1) is 16.7. The van der Waals surface area contributed by atoms with E-state index in [1.165, 1.54) is 12.1 Å². The molecule has 3 heterocycles. The average molecular weight is 341 g/mol. The van der Waals surface area contributed by atoms with Crippen LogP contribution < -0.4 is 16.8 Å². The van der Waals surface area contributed by atoms with Gasteiger partial charge in [0.15, 0.2) is 11.8 Å². The maximum Gasteiger partial charge on any atom is 0.433 e. The summed E-state index contributed by atoms with van der Waals surface area (Å²) in [6, 6.07) is 3.58. The van der Waals surface area contributed by atoms with Crippen LogP contribution in [0.25, 0.3) is 0 Å². The van der Waals surface area contributed by atoms with Gasteiger partial charge in [0.05, 0.1) is 0 Å². The van der Waals surface area contributed by atoms with Gasteiger partial charge in [-0.1, -0.05) is 6.07 Å². The fraction of sp³-hybridized carbons (Fsp3) is 0.500. The Morgan fingerprint density at radius 3 is 2.71 bits per heavy atom. The van der Waals surface area contributed by atoms with Crippen molar-refractivity contribution in [1.82, 2.24) is 15.2 Å². The van der Waals surface area contributed by atoms with Crippen molar-refractivity contribution in [1.29, 1.82) is 0 Å². The summed E-state index contributed by atoms with van der Waals surface area (Å²) in [5.74, 6) is -1.29. The number of nitrogens with one attached hydrogen (secondary N) is 1. The zero-order chi connectivity index (χ0) is 17.5. The lowest BCUT2D eigenvalue weighted by atomic mass is 10.0. The van der Waals surface area contributed by atoms with Gasteiger partial charge >= 0.3 is 6.18 Å². The Kier molecular flexibility index (Phi) is 3.96. The average Bonchev–Trinajstić information content (AvgIpc) is 2.93. The minimum Gasteiger partial charge on any atom is -0.370 e. The third-order valence-electron chi connectivity index (χ3n) is 4.11. The van der Waals surface area contributed by atoms with Crippen LogP contribution in [0, 0.1) is 5.92 Å². The summed E-state index contributed by atoms with van der Waals surface area (Å²) >= 11 is 0. The Morgan fingerprint density at radius 2 is 2.08 bits per heavy atom. The molecule has 0 saturated carbocycles. The molecule has 1 saturated heterocycles. The van der Waals surface area contributed by atoms with Crippen LogP contribution >= 0.6 is 0 Å². The van der Waals surface area contributed by atoms with E-state index in [1.807, 2.05) is 7.05 Å². The van der Waals surface area contributed by atoms with Crippen molar-refractivity contribution in [3.63, 3.8) is 0 Å². The lowest BCUT2D eigenvalue weighted by molar-refractivity contribution is -0.141. The summed E-state index contributed by atoms with van der Waals surface area (Å²) in [7, 11) is 1.95. The van der Waals surface area contributed by atoms with Gasteiger partial charge in [-0.3, -0.25) is 5.73 Å². The summed E-state index contributed by atoms with van der Waals surface area (Å²) in [4.78, 5) is 14.2. The molecule has 0 spiro atoms. The molecule has 2 unspecified atom stereocenters. The van der Waals surface area contributed by atoms with Crippen LogP contribution in [0.2, 0.25) is 0 Å². The van der Waals surface area contributed by atoms with Gasteiger partial charge in [-0.15, -0.1) is 0 Å². The molecule has 24 heavy (non-hydrogen) atoms. The van der Waals surface area contributed by atoms with Crippen LogP contribution in [-0.4, -0.2) is 47.6 Å². The molecule has 0 radical (unpaired) electrons. The van der Waals surface area contributed by atoms with Crippen LogP contribution in [0.4, 0.5) is 13.2 Å². The van der Waals surface area contributed by atoms with E-state index in [-0.39, 0.29) is 23.4 Å². The fourth-order valence-electron chi connectivity index (χ4n) is 2.88. The van der Waals surface area contributed by atoms with Gasteiger partial charge in [0.1, 0.15) is 11.4 Å². The number of amidine groups is 1. The van der Waals surface area contributed by atoms with Crippen LogP contribution in [0.5, 0.6) is 0 Å². The topological polar surface area (TPSA) is 105 Å². The van der Waals surface area contributed by atoms with Crippen LogP contribution in [0.1, 0.15) is 17.8 Å². The Morgan fingerprint density at radius 1 is 1.33 bits per heavy atom. The van der Waals surface area contributed by atoms with E-state index in [2.05, 4.69) is 25.2 Å². The Labute approximate surface area is 136 Å². The molecule has 3 rings (SSSR count). The Bertz CT molecular complexity index is 700. The molecule has 0 amide bonds. The first-order valence-electron chi connectivity index (χ1n) is 7.41. The molecular formula is C14H18F3N7. The van der Waals surface area contributed by atoms with Crippen molar-refractivity contribution in [3.05, 3.63) is 29.6 Å². The molecule has 10 heteroatoms. The van der Waals surface area contributed by atoms with Crippen molar-refractivity contribution in [2.75, 3.05) is 20.1 Å². The summed E-state index contributed by atoms with van der Waals surface area (Å²) in [5.41, 5.74) is 11.1. The van der Waals surface area contributed by atoms with Gasteiger partial charge in [-0.25, -0.2) is 15.0 Å². The van der Waals surface area contributed by atoms with Crippen LogP contribution in [0.15, 0.2) is 28.2 Å². The second-order valence-electron chi connectivity index (χ2n) is 6.02. The van der Waals surface area contributed by atoms with E-state index in [9.17, 15) is 13.2 Å². The number of pyridine rings is 1. The maximum atomic E-state index is 12.9. The first-order valence-corrected chi connectivity index (χ1v) is 7.41. The van der Waals surface area contributed by atoms with Crippen LogP contribution in [-0.2, 0) is 6.18 Å². The number of alkyl halides is 3. The summed E-state index contributed by atoms with van der Waals surface area (Å²) < 4.78 is 38.6. The predicted octanol–water partition coefficient (Wildman–Crippen LogP) is 0.329. The van der Waals surface area contributed by atoms with Crippen LogP contribution in [0.3, 0.4) is 0 Å². The highest BCUT2D eigenvalue weighted by Crippen LogP contribution is 2.30. The maximum absolute atomic E-state index is 12.9. The molecule has 2 aliphatic heterocycles. The number of likely N-dealkylation sites (tertiary alicyclic amines) is 1. The minimum atomic E-state index is -4.54. The number of rotatable bonds is 2. The van der Waals surface area contributed by atoms with Crippen molar-refractivity contribution < 1.29 is 13.2 Å². The monoisotopic (exact) mass is 341 g/mol. The molecule has 0 bridgehead atoms. The molecule has 5 N–H and O–H groups in total. The highest BCUT2D eigenvalue weighted by Gasteiger charge is 2.41.